The first kappa shape index (κ1) is 9.52. The third-order valence-corrected chi connectivity index (χ3v) is 3.47. The zero-order valence-corrected chi connectivity index (χ0v) is 8.77. The molecule has 0 bridgehead atoms. The van der Waals surface area contributed by atoms with Crippen LogP contribution < -0.4 is 11.1 Å². The van der Waals surface area contributed by atoms with Crippen molar-refractivity contribution in [2.24, 2.45) is 5.73 Å². The Hall–Kier alpha value is -1.03. The lowest BCUT2D eigenvalue weighted by atomic mass is 10.2. The molecule has 1 aromatic heterocycles. The Balaban J connectivity index is 2.07. The molecule has 0 unspecified atom stereocenters. The van der Waals surface area contributed by atoms with Crippen LogP contribution in [0.4, 0.5) is 5.00 Å². The lowest BCUT2D eigenvalue weighted by molar-refractivity contribution is 0.100. The summed E-state index contributed by atoms with van der Waals surface area (Å²) in [6, 6.07) is 2.32. The number of anilines is 1. The second-order valence-electron chi connectivity index (χ2n) is 3.65. The average Bonchev–Trinajstić information content (AvgIpc) is 2.75. The van der Waals surface area contributed by atoms with Crippen LogP contribution in [-0.2, 0) is 0 Å². The van der Waals surface area contributed by atoms with E-state index in [1.54, 1.807) is 17.4 Å². The molecule has 1 aliphatic rings. The summed E-state index contributed by atoms with van der Waals surface area (Å²) in [5.74, 6) is -0.341. The molecule has 0 spiro atoms. The summed E-state index contributed by atoms with van der Waals surface area (Å²) >= 11 is 1.55. The van der Waals surface area contributed by atoms with E-state index in [0.29, 0.717) is 11.6 Å². The van der Waals surface area contributed by atoms with Gasteiger partial charge >= 0.3 is 0 Å². The van der Waals surface area contributed by atoms with E-state index in [1.165, 1.54) is 25.7 Å². The summed E-state index contributed by atoms with van der Waals surface area (Å²) in [6.45, 7) is 0. The van der Waals surface area contributed by atoms with Gasteiger partial charge in [-0.1, -0.05) is 12.8 Å². The van der Waals surface area contributed by atoms with E-state index >= 15 is 0 Å². The lowest BCUT2D eigenvalue weighted by Crippen LogP contribution is -2.18. The van der Waals surface area contributed by atoms with Gasteiger partial charge in [0.1, 0.15) is 5.00 Å². The van der Waals surface area contributed by atoms with Crippen LogP contribution in [0, 0.1) is 0 Å². The SMILES string of the molecule is NC(=O)c1ccsc1NC1CCCC1. The van der Waals surface area contributed by atoms with E-state index in [9.17, 15) is 4.79 Å². The molecule has 1 fully saturated rings. The maximum atomic E-state index is 11.0. The van der Waals surface area contributed by atoms with E-state index in [1.807, 2.05) is 5.38 Å². The van der Waals surface area contributed by atoms with Crippen molar-refractivity contribution in [1.82, 2.24) is 0 Å². The minimum atomic E-state index is -0.341. The minimum Gasteiger partial charge on any atom is -0.374 e. The van der Waals surface area contributed by atoms with Crippen molar-refractivity contribution in [3.63, 3.8) is 0 Å². The Morgan fingerprint density at radius 2 is 2.21 bits per heavy atom. The van der Waals surface area contributed by atoms with Gasteiger partial charge in [-0.15, -0.1) is 11.3 Å². The molecular formula is C10H14N2OS. The fraction of sp³-hybridized carbons (Fsp3) is 0.500. The highest BCUT2D eigenvalue weighted by atomic mass is 32.1. The van der Waals surface area contributed by atoms with Crippen LogP contribution in [0.5, 0.6) is 0 Å². The molecule has 4 heteroatoms. The van der Waals surface area contributed by atoms with Crippen molar-refractivity contribution in [2.45, 2.75) is 31.7 Å². The third-order valence-electron chi connectivity index (χ3n) is 2.62. The summed E-state index contributed by atoms with van der Waals surface area (Å²) in [6.07, 6.45) is 4.98. The zero-order valence-electron chi connectivity index (χ0n) is 7.95. The highest BCUT2D eigenvalue weighted by Crippen LogP contribution is 2.28. The Labute approximate surface area is 87.3 Å². The zero-order chi connectivity index (χ0) is 9.97. The molecule has 1 amide bonds. The van der Waals surface area contributed by atoms with Crippen molar-refractivity contribution in [1.29, 1.82) is 0 Å². The number of carbonyl (C=O) groups is 1. The van der Waals surface area contributed by atoms with Gasteiger partial charge in [0, 0.05) is 6.04 Å². The monoisotopic (exact) mass is 210 g/mol. The molecule has 0 aliphatic heterocycles. The van der Waals surface area contributed by atoms with Crippen LogP contribution in [0.2, 0.25) is 0 Å². The molecule has 14 heavy (non-hydrogen) atoms. The van der Waals surface area contributed by atoms with Gasteiger partial charge in [-0.05, 0) is 24.3 Å². The first-order valence-electron chi connectivity index (χ1n) is 4.91. The maximum Gasteiger partial charge on any atom is 0.251 e. The Morgan fingerprint density at radius 1 is 1.50 bits per heavy atom. The van der Waals surface area contributed by atoms with Crippen LogP contribution in [0.1, 0.15) is 36.0 Å². The molecule has 76 valence electrons. The van der Waals surface area contributed by atoms with Crippen LogP contribution in [0.15, 0.2) is 11.4 Å². The van der Waals surface area contributed by atoms with Gasteiger partial charge in [0.25, 0.3) is 5.91 Å². The molecule has 2 rings (SSSR count). The first-order valence-corrected chi connectivity index (χ1v) is 5.79. The topological polar surface area (TPSA) is 55.1 Å². The quantitative estimate of drug-likeness (QED) is 0.803. The van der Waals surface area contributed by atoms with Gasteiger partial charge in [-0.25, -0.2) is 0 Å². The van der Waals surface area contributed by atoms with E-state index in [0.717, 1.165) is 5.00 Å². The average molecular weight is 210 g/mol. The van der Waals surface area contributed by atoms with Crippen molar-refractivity contribution in [3.05, 3.63) is 17.0 Å². The lowest BCUT2D eigenvalue weighted by Gasteiger charge is -2.12. The molecule has 3 N–H and O–H groups in total. The van der Waals surface area contributed by atoms with Gasteiger partial charge < -0.3 is 11.1 Å². The van der Waals surface area contributed by atoms with Gasteiger partial charge in [-0.2, -0.15) is 0 Å². The van der Waals surface area contributed by atoms with Crippen molar-refractivity contribution in [2.75, 3.05) is 5.32 Å². The number of nitrogens with two attached hydrogens (primary N) is 1. The highest BCUT2D eigenvalue weighted by Gasteiger charge is 2.17. The Morgan fingerprint density at radius 3 is 2.86 bits per heavy atom. The number of hydrogen-bond donors (Lipinski definition) is 2. The largest absolute Gasteiger partial charge is 0.374 e. The van der Waals surface area contributed by atoms with Gasteiger partial charge in [0.05, 0.1) is 5.56 Å². The number of amides is 1. The number of carbonyl (C=O) groups excluding carboxylic acids is 1. The van der Waals surface area contributed by atoms with Crippen LogP contribution in [-0.4, -0.2) is 11.9 Å². The number of nitrogens with one attached hydrogen (secondary N) is 1. The summed E-state index contributed by atoms with van der Waals surface area (Å²) in [4.78, 5) is 11.0. The van der Waals surface area contributed by atoms with Gasteiger partial charge in [0.2, 0.25) is 0 Å². The summed E-state index contributed by atoms with van der Waals surface area (Å²) in [7, 11) is 0. The predicted molar refractivity (Wildman–Crippen MR) is 58.7 cm³/mol. The van der Waals surface area contributed by atoms with Crippen molar-refractivity contribution < 1.29 is 4.79 Å². The normalized spacial score (nSPS) is 17.1. The number of primary amides is 1. The Bertz CT molecular complexity index is 329. The predicted octanol–water partition coefficient (Wildman–Crippen LogP) is 2.20. The number of thiophene rings is 1. The van der Waals surface area contributed by atoms with Crippen LogP contribution >= 0.6 is 11.3 Å². The fourth-order valence-corrected chi connectivity index (χ4v) is 2.74. The molecular weight excluding hydrogens is 196 g/mol. The smallest absolute Gasteiger partial charge is 0.251 e. The van der Waals surface area contributed by atoms with E-state index in [2.05, 4.69) is 5.32 Å². The molecule has 1 saturated carbocycles. The first-order chi connectivity index (χ1) is 6.77. The molecule has 3 nitrogen and oxygen atoms in total. The minimum absolute atomic E-state index is 0.341. The molecule has 1 heterocycles. The highest BCUT2D eigenvalue weighted by molar-refractivity contribution is 7.14. The summed E-state index contributed by atoms with van der Waals surface area (Å²) < 4.78 is 0. The van der Waals surface area contributed by atoms with Crippen LogP contribution in [0.25, 0.3) is 0 Å². The fourth-order valence-electron chi connectivity index (χ4n) is 1.87. The Kier molecular flexibility index (Phi) is 2.72. The molecule has 0 aromatic carbocycles. The summed E-state index contributed by atoms with van der Waals surface area (Å²) in [5, 5.41) is 6.22. The standard InChI is InChI=1S/C10H14N2OS/c11-9(13)8-5-6-14-10(8)12-7-3-1-2-4-7/h5-7,12H,1-4H2,(H2,11,13). The molecule has 1 aromatic rings. The molecule has 0 atom stereocenters. The maximum absolute atomic E-state index is 11.0. The van der Waals surface area contributed by atoms with E-state index < -0.39 is 0 Å². The summed E-state index contributed by atoms with van der Waals surface area (Å²) in [5.41, 5.74) is 5.89. The third kappa shape index (κ3) is 1.90. The van der Waals surface area contributed by atoms with Gasteiger partial charge in [-0.3, -0.25) is 4.79 Å². The molecule has 1 aliphatic carbocycles. The molecule has 0 radical (unpaired) electrons. The van der Waals surface area contributed by atoms with E-state index in [-0.39, 0.29) is 5.91 Å². The molecule has 0 saturated heterocycles. The van der Waals surface area contributed by atoms with Crippen LogP contribution in [0.3, 0.4) is 0 Å². The van der Waals surface area contributed by atoms with Crippen molar-refractivity contribution in [3.8, 4) is 0 Å². The number of rotatable bonds is 3. The van der Waals surface area contributed by atoms with Gasteiger partial charge in [0.15, 0.2) is 0 Å². The number of hydrogen-bond acceptors (Lipinski definition) is 3. The van der Waals surface area contributed by atoms with Crippen molar-refractivity contribution >= 4 is 22.2 Å². The second-order valence-corrected chi connectivity index (χ2v) is 4.57. The van der Waals surface area contributed by atoms with E-state index in [4.69, 9.17) is 5.73 Å². The second kappa shape index (κ2) is 4.00.